The first-order chi connectivity index (χ1) is 6.86. The maximum absolute atomic E-state index is 5.35. The van der Waals surface area contributed by atoms with E-state index in [9.17, 15) is 0 Å². The number of rotatable bonds is 3. The molecule has 3 nitrogen and oxygen atoms in total. The number of piperidine rings is 1. The first kappa shape index (κ1) is 9.74. The monoisotopic (exact) mass is 194 g/mol. The Labute approximate surface area is 84.9 Å². The Balaban J connectivity index is 1.84. The van der Waals surface area contributed by atoms with Gasteiger partial charge in [0.05, 0.1) is 12.3 Å². The lowest BCUT2D eigenvalue weighted by Crippen LogP contribution is -2.43. The minimum absolute atomic E-state index is 0.315. The lowest BCUT2D eigenvalue weighted by molar-refractivity contribution is 0.335. The van der Waals surface area contributed by atoms with Gasteiger partial charge in [0.2, 0.25) is 0 Å². The summed E-state index contributed by atoms with van der Waals surface area (Å²) in [6.45, 7) is 4.38. The second-order valence-corrected chi connectivity index (χ2v) is 3.95. The van der Waals surface area contributed by atoms with Crippen LogP contribution in [0.3, 0.4) is 0 Å². The third-order valence-electron chi connectivity index (χ3n) is 2.75. The molecule has 2 N–H and O–H groups in total. The fourth-order valence-electron chi connectivity index (χ4n) is 1.97. The van der Waals surface area contributed by atoms with E-state index in [1.165, 1.54) is 12.8 Å². The fraction of sp³-hybridized carbons (Fsp3) is 0.636. The van der Waals surface area contributed by atoms with Crippen molar-refractivity contribution in [3.63, 3.8) is 0 Å². The van der Waals surface area contributed by atoms with Gasteiger partial charge in [-0.2, -0.15) is 0 Å². The quantitative estimate of drug-likeness (QED) is 0.768. The number of nitrogens with one attached hydrogen (secondary N) is 2. The van der Waals surface area contributed by atoms with Crippen LogP contribution in [0.5, 0.6) is 0 Å². The molecule has 1 aliphatic heterocycles. The van der Waals surface area contributed by atoms with E-state index in [4.69, 9.17) is 4.42 Å². The first-order valence-corrected chi connectivity index (χ1v) is 5.36. The van der Waals surface area contributed by atoms with E-state index in [1.807, 2.05) is 12.1 Å². The maximum Gasteiger partial charge on any atom is 0.120 e. The van der Waals surface area contributed by atoms with Crippen molar-refractivity contribution < 1.29 is 4.42 Å². The Bertz CT molecular complexity index is 252. The molecular weight excluding hydrogens is 176 g/mol. The van der Waals surface area contributed by atoms with Gasteiger partial charge in [0.1, 0.15) is 5.76 Å². The molecule has 0 saturated carbocycles. The van der Waals surface area contributed by atoms with Gasteiger partial charge in [0.25, 0.3) is 0 Å². The van der Waals surface area contributed by atoms with Crippen LogP contribution in [0.15, 0.2) is 22.8 Å². The summed E-state index contributed by atoms with van der Waals surface area (Å²) < 4.78 is 5.35. The minimum Gasteiger partial charge on any atom is -0.468 e. The molecule has 1 aromatic heterocycles. The number of hydrogen-bond acceptors (Lipinski definition) is 3. The molecule has 0 radical (unpaired) electrons. The molecule has 0 aliphatic carbocycles. The summed E-state index contributed by atoms with van der Waals surface area (Å²) in [6.07, 6.45) is 4.26. The molecule has 1 saturated heterocycles. The van der Waals surface area contributed by atoms with Crippen LogP contribution in [0.2, 0.25) is 0 Å². The lowest BCUT2D eigenvalue weighted by atomic mass is 10.1. The molecule has 0 spiro atoms. The van der Waals surface area contributed by atoms with Crippen molar-refractivity contribution in [2.75, 3.05) is 13.1 Å². The fourth-order valence-corrected chi connectivity index (χ4v) is 1.97. The Morgan fingerprint density at radius 3 is 3.21 bits per heavy atom. The van der Waals surface area contributed by atoms with Crippen LogP contribution in [-0.2, 0) is 0 Å². The number of furan rings is 1. The highest BCUT2D eigenvalue weighted by molar-refractivity contribution is 5.03. The van der Waals surface area contributed by atoms with Gasteiger partial charge in [0.15, 0.2) is 0 Å². The van der Waals surface area contributed by atoms with Crippen LogP contribution in [0.1, 0.15) is 31.6 Å². The molecule has 1 fully saturated rings. The summed E-state index contributed by atoms with van der Waals surface area (Å²) in [4.78, 5) is 0. The third kappa shape index (κ3) is 2.36. The van der Waals surface area contributed by atoms with Gasteiger partial charge in [0, 0.05) is 12.6 Å². The van der Waals surface area contributed by atoms with Crippen LogP contribution in [0.25, 0.3) is 0 Å². The van der Waals surface area contributed by atoms with E-state index < -0.39 is 0 Å². The van der Waals surface area contributed by atoms with Gasteiger partial charge < -0.3 is 15.1 Å². The predicted octanol–water partition coefficient (Wildman–Crippen LogP) is 1.68. The summed E-state index contributed by atoms with van der Waals surface area (Å²) in [5, 5.41) is 6.96. The summed E-state index contributed by atoms with van der Waals surface area (Å²) in [6, 6.07) is 4.86. The zero-order valence-corrected chi connectivity index (χ0v) is 8.62. The van der Waals surface area contributed by atoms with E-state index in [2.05, 4.69) is 17.6 Å². The molecule has 1 aromatic rings. The summed E-state index contributed by atoms with van der Waals surface area (Å²) in [5.74, 6) is 1.02. The maximum atomic E-state index is 5.35. The average Bonchev–Trinajstić information content (AvgIpc) is 2.72. The molecule has 2 heterocycles. The molecule has 0 aromatic carbocycles. The van der Waals surface area contributed by atoms with Crippen molar-refractivity contribution in [1.29, 1.82) is 0 Å². The van der Waals surface area contributed by atoms with Crippen LogP contribution < -0.4 is 10.6 Å². The molecule has 78 valence electrons. The molecule has 1 unspecified atom stereocenters. The van der Waals surface area contributed by atoms with Gasteiger partial charge in [-0.05, 0) is 38.4 Å². The van der Waals surface area contributed by atoms with Crippen molar-refractivity contribution >= 4 is 0 Å². The van der Waals surface area contributed by atoms with Gasteiger partial charge in [-0.3, -0.25) is 0 Å². The minimum atomic E-state index is 0.315. The first-order valence-electron chi connectivity index (χ1n) is 5.36. The Kier molecular flexibility index (Phi) is 3.22. The van der Waals surface area contributed by atoms with Crippen molar-refractivity contribution in [2.24, 2.45) is 0 Å². The van der Waals surface area contributed by atoms with Crippen molar-refractivity contribution in [3.05, 3.63) is 24.2 Å². The van der Waals surface area contributed by atoms with E-state index in [-0.39, 0.29) is 0 Å². The molecule has 3 heteroatoms. The van der Waals surface area contributed by atoms with Gasteiger partial charge >= 0.3 is 0 Å². The van der Waals surface area contributed by atoms with Crippen LogP contribution >= 0.6 is 0 Å². The van der Waals surface area contributed by atoms with Crippen LogP contribution in [0, 0.1) is 0 Å². The average molecular weight is 194 g/mol. The Hall–Kier alpha value is -0.800. The molecule has 0 bridgehead atoms. The molecule has 1 aliphatic rings. The van der Waals surface area contributed by atoms with E-state index in [1.54, 1.807) is 6.26 Å². The summed E-state index contributed by atoms with van der Waals surface area (Å²) in [7, 11) is 0. The molecule has 2 atom stereocenters. The molecule has 0 amide bonds. The normalized spacial score (nSPS) is 24.8. The van der Waals surface area contributed by atoms with Crippen molar-refractivity contribution in [1.82, 2.24) is 10.6 Å². The highest BCUT2D eigenvalue weighted by Crippen LogP contribution is 2.14. The van der Waals surface area contributed by atoms with Crippen LogP contribution in [0.4, 0.5) is 0 Å². The standard InChI is InChI=1S/C11H18N2O/c1-9(11-5-3-7-14-11)13-10-4-2-6-12-8-10/h3,5,7,9-10,12-13H,2,4,6,8H2,1H3/t9?,10-/m0/s1. The number of hydrogen-bond donors (Lipinski definition) is 2. The zero-order valence-electron chi connectivity index (χ0n) is 8.62. The second kappa shape index (κ2) is 4.62. The predicted molar refractivity (Wildman–Crippen MR) is 56.2 cm³/mol. The largest absolute Gasteiger partial charge is 0.468 e. The highest BCUT2D eigenvalue weighted by Gasteiger charge is 2.16. The van der Waals surface area contributed by atoms with Gasteiger partial charge in [-0.15, -0.1) is 0 Å². The Morgan fingerprint density at radius 1 is 1.64 bits per heavy atom. The van der Waals surface area contributed by atoms with Crippen molar-refractivity contribution in [2.45, 2.75) is 31.8 Å². The SMILES string of the molecule is CC(N[C@H]1CCCNC1)c1ccco1. The van der Waals surface area contributed by atoms with E-state index >= 15 is 0 Å². The Morgan fingerprint density at radius 2 is 2.57 bits per heavy atom. The molecule has 14 heavy (non-hydrogen) atoms. The zero-order chi connectivity index (χ0) is 9.80. The smallest absolute Gasteiger partial charge is 0.120 e. The lowest BCUT2D eigenvalue weighted by Gasteiger charge is -2.26. The van der Waals surface area contributed by atoms with Gasteiger partial charge in [-0.1, -0.05) is 0 Å². The summed E-state index contributed by atoms with van der Waals surface area (Å²) in [5.41, 5.74) is 0. The summed E-state index contributed by atoms with van der Waals surface area (Å²) >= 11 is 0. The van der Waals surface area contributed by atoms with Crippen LogP contribution in [-0.4, -0.2) is 19.1 Å². The van der Waals surface area contributed by atoms with E-state index in [0.717, 1.165) is 18.8 Å². The third-order valence-corrected chi connectivity index (χ3v) is 2.75. The second-order valence-electron chi connectivity index (χ2n) is 3.95. The molecular formula is C11H18N2O. The van der Waals surface area contributed by atoms with Gasteiger partial charge in [-0.25, -0.2) is 0 Å². The van der Waals surface area contributed by atoms with Crippen molar-refractivity contribution in [3.8, 4) is 0 Å². The van der Waals surface area contributed by atoms with E-state index in [0.29, 0.717) is 12.1 Å². The molecule has 2 rings (SSSR count). The highest BCUT2D eigenvalue weighted by atomic mass is 16.3. The topological polar surface area (TPSA) is 37.2 Å².